The van der Waals surface area contributed by atoms with Crippen molar-refractivity contribution >= 4 is 34.8 Å². The number of carbonyl (C=O) groups is 1. The lowest BCUT2D eigenvalue weighted by molar-refractivity contribution is -1.02. The van der Waals surface area contributed by atoms with Gasteiger partial charge < -0.3 is 19.9 Å². The van der Waals surface area contributed by atoms with E-state index in [1.54, 1.807) is 25.3 Å². The van der Waals surface area contributed by atoms with Crippen LogP contribution >= 0.6 is 23.2 Å². The number of quaternary nitrogens is 2. The molecule has 0 bridgehead atoms. The maximum Gasteiger partial charge on any atom is 0.279 e. The molecule has 7 heteroatoms. The standard InChI is InChI=1S/C21H25Cl2N3O2/c1-15-6-7-19(28-2)16(12-15)13-25-8-10-26(11-9-25)14-20(27)24-18-5-3-4-17(22)21(18)23/h3-7,12H,8-11,13-14H2,1-2H3,(H,24,27)/p+2. The molecule has 5 nitrogen and oxygen atoms in total. The number of piperazine rings is 1. The van der Waals surface area contributed by atoms with E-state index in [1.807, 2.05) is 6.07 Å². The maximum absolute atomic E-state index is 12.4. The van der Waals surface area contributed by atoms with Crippen LogP contribution in [0.1, 0.15) is 11.1 Å². The lowest BCUT2D eigenvalue weighted by Crippen LogP contribution is -3.28. The van der Waals surface area contributed by atoms with E-state index >= 15 is 0 Å². The van der Waals surface area contributed by atoms with Crippen LogP contribution in [0, 0.1) is 6.92 Å². The third-order valence-corrected chi connectivity index (χ3v) is 6.00. The van der Waals surface area contributed by atoms with Crippen molar-refractivity contribution in [3.05, 3.63) is 57.6 Å². The van der Waals surface area contributed by atoms with Crippen molar-refractivity contribution in [2.45, 2.75) is 13.5 Å². The molecule has 1 aliphatic heterocycles. The summed E-state index contributed by atoms with van der Waals surface area (Å²) in [5, 5.41) is 3.69. The average Bonchev–Trinajstić information content (AvgIpc) is 2.67. The maximum atomic E-state index is 12.4. The number of ether oxygens (including phenoxy) is 1. The highest BCUT2D eigenvalue weighted by molar-refractivity contribution is 6.43. The van der Waals surface area contributed by atoms with Gasteiger partial charge in [-0.25, -0.2) is 0 Å². The van der Waals surface area contributed by atoms with Gasteiger partial charge in [-0.3, -0.25) is 4.79 Å². The molecule has 2 aromatic carbocycles. The lowest BCUT2D eigenvalue weighted by Gasteiger charge is -2.29. The van der Waals surface area contributed by atoms with Gasteiger partial charge in [0.05, 0.1) is 22.8 Å². The van der Waals surface area contributed by atoms with Crippen molar-refractivity contribution in [3.8, 4) is 5.75 Å². The van der Waals surface area contributed by atoms with Crippen molar-refractivity contribution in [3.63, 3.8) is 0 Å². The summed E-state index contributed by atoms with van der Waals surface area (Å²) >= 11 is 12.1. The van der Waals surface area contributed by atoms with E-state index in [-0.39, 0.29) is 5.91 Å². The molecule has 0 radical (unpaired) electrons. The predicted molar refractivity (Wildman–Crippen MR) is 113 cm³/mol. The van der Waals surface area contributed by atoms with Gasteiger partial charge in [-0.2, -0.15) is 0 Å². The molecule has 0 saturated carbocycles. The van der Waals surface area contributed by atoms with Crippen LogP contribution in [0.4, 0.5) is 5.69 Å². The van der Waals surface area contributed by atoms with Crippen molar-refractivity contribution in [1.29, 1.82) is 0 Å². The fraction of sp³-hybridized carbons (Fsp3) is 0.381. The molecule has 0 aromatic heterocycles. The van der Waals surface area contributed by atoms with E-state index in [4.69, 9.17) is 27.9 Å². The quantitative estimate of drug-likeness (QED) is 0.654. The number of hydrogen-bond donors (Lipinski definition) is 3. The highest BCUT2D eigenvalue weighted by Gasteiger charge is 2.26. The molecule has 28 heavy (non-hydrogen) atoms. The monoisotopic (exact) mass is 423 g/mol. The van der Waals surface area contributed by atoms with E-state index < -0.39 is 0 Å². The Morgan fingerprint density at radius 1 is 1.11 bits per heavy atom. The largest absolute Gasteiger partial charge is 0.496 e. The first-order valence-corrected chi connectivity index (χ1v) is 10.3. The highest BCUT2D eigenvalue weighted by Crippen LogP contribution is 2.29. The van der Waals surface area contributed by atoms with E-state index in [2.05, 4.69) is 24.4 Å². The van der Waals surface area contributed by atoms with Gasteiger partial charge in [-0.05, 0) is 31.2 Å². The number of rotatable bonds is 6. The molecule has 150 valence electrons. The first kappa shape index (κ1) is 20.9. The number of hydrogen-bond acceptors (Lipinski definition) is 2. The Hall–Kier alpha value is -1.79. The highest BCUT2D eigenvalue weighted by atomic mass is 35.5. The summed E-state index contributed by atoms with van der Waals surface area (Å²) in [7, 11) is 1.72. The van der Waals surface area contributed by atoms with Crippen molar-refractivity contribution in [2.75, 3.05) is 45.2 Å². The molecule has 0 spiro atoms. The minimum atomic E-state index is -0.0389. The van der Waals surface area contributed by atoms with Crippen molar-refractivity contribution in [1.82, 2.24) is 0 Å². The van der Waals surface area contributed by atoms with Crippen molar-refractivity contribution in [2.24, 2.45) is 0 Å². The molecule has 3 N–H and O–H groups in total. The van der Waals surface area contributed by atoms with Crippen LogP contribution in [0.5, 0.6) is 5.75 Å². The van der Waals surface area contributed by atoms with Crippen LogP contribution < -0.4 is 19.9 Å². The summed E-state index contributed by atoms with van der Waals surface area (Å²) < 4.78 is 5.50. The molecular formula is C21H27Cl2N3O2+2. The second-order valence-corrected chi connectivity index (χ2v) is 8.10. The predicted octanol–water partition coefficient (Wildman–Crippen LogP) is 1.23. The Kier molecular flexibility index (Phi) is 7.18. The van der Waals surface area contributed by atoms with Gasteiger partial charge in [0.25, 0.3) is 5.91 Å². The van der Waals surface area contributed by atoms with Gasteiger partial charge in [0.15, 0.2) is 6.54 Å². The Balaban J connectivity index is 1.49. The first-order chi connectivity index (χ1) is 13.5. The molecular weight excluding hydrogens is 397 g/mol. The zero-order chi connectivity index (χ0) is 20.1. The average molecular weight is 424 g/mol. The topological polar surface area (TPSA) is 47.2 Å². The first-order valence-electron chi connectivity index (χ1n) is 9.50. The van der Waals surface area contributed by atoms with Crippen LogP contribution in [-0.2, 0) is 11.3 Å². The summed E-state index contributed by atoms with van der Waals surface area (Å²) in [4.78, 5) is 15.2. The molecule has 0 aliphatic carbocycles. The summed E-state index contributed by atoms with van der Waals surface area (Å²) in [6.45, 7) is 7.45. The van der Waals surface area contributed by atoms with E-state index in [1.165, 1.54) is 20.9 Å². The fourth-order valence-electron chi connectivity index (χ4n) is 3.65. The number of anilines is 1. The van der Waals surface area contributed by atoms with Crippen LogP contribution in [0.3, 0.4) is 0 Å². The lowest BCUT2D eigenvalue weighted by atomic mass is 10.1. The van der Waals surface area contributed by atoms with Crippen LogP contribution in [0.2, 0.25) is 10.0 Å². The molecule has 2 aromatic rings. The molecule has 0 unspecified atom stereocenters. The minimum absolute atomic E-state index is 0.0389. The zero-order valence-corrected chi connectivity index (χ0v) is 17.8. The summed E-state index contributed by atoms with van der Waals surface area (Å²) in [5.74, 6) is 0.911. The van der Waals surface area contributed by atoms with E-state index in [0.717, 1.165) is 38.5 Å². The number of benzene rings is 2. The molecule has 1 aliphatic rings. The Labute approximate surface area is 176 Å². The number of aryl methyl sites for hydroxylation is 1. The van der Waals surface area contributed by atoms with E-state index in [9.17, 15) is 4.79 Å². The molecule has 3 rings (SSSR count). The van der Waals surface area contributed by atoms with Crippen LogP contribution in [0.25, 0.3) is 0 Å². The van der Waals surface area contributed by atoms with E-state index in [0.29, 0.717) is 22.3 Å². The number of halogens is 2. The van der Waals surface area contributed by atoms with Gasteiger partial charge in [0.1, 0.15) is 38.5 Å². The molecule has 1 fully saturated rings. The smallest absolute Gasteiger partial charge is 0.279 e. The third-order valence-electron chi connectivity index (χ3n) is 5.18. The zero-order valence-electron chi connectivity index (χ0n) is 16.3. The number of carbonyl (C=O) groups excluding carboxylic acids is 1. The second kappa shape index (κ2) is 9.61. The SMILES string of the molecule is COc1ccc(C)cc1C[NH+]1CC[NH+](CC(=O)Nc2cccc(Cl)c2Cl)CC1. The normalized spacial score (nSPS) is 19.3. The van der Waals surface area contributed by atoms with Gasteiger partial charge in [0.2, 0.25) is 0 Å². The van der Waals surface area contributed by atoms with Crippen LogP contribution in [-0.4, -0.2) is 45.7 Å². The molecule has 1 heterocycles. The molecule has 0 atom stereocenters. The Bertz CT molecular complexity index is 836. The van der Waals surface area contributed by atoms with Crippen molar-refractivity contribution < 1.29 is 19.3 Å². The fourth-order valence-corrected chi connectivity index (χ4v) is 4.00. The second-order valence-electron chi connectivity index (χ2n) is 7.32. The number of nitrogens with one attached hydrogen (secondary N) is 3. The minimum Gasteiger partial charge on any atom is -0.496 e. The molecule has 1 amide bonds. The van der Waals surface area contributed by atoms with Gasteiger partial charge in [-0.1, -0.05) is 40.9 Å². The Morgan fingerprint density at radius 2 is 1.82 bits per heavy atom. The number of methoxy groups -OCH3 is 1. The number of amides is 1. The van der Waals surface area contributed by atoms with Gasteiger partial charge >= 0.3 is 0 Å². The third kappa shape index (κ3) is 5.39. The Morgan fingerprint density at radius 3 is 2.54 bits per heavy atom. The van der Waals surface area contributed by atoms with Crippen LogP contribution in [0.15, 0.2) is 36.4 Å². The van der Waals surface area contributed by atoms with Gasteiger partial charge in [-0.15, -0.1) is 0 Å². The summed E-state index contributed by atoms with van der Waals surface area (Å²) in [6.07, 6.45) is 0. The van der Waals surface area contributed by atoms with Gasteiger partial charge in [0, 0.05) is 5.56 Å². The summed E-state index contributed by atoms with van der Waals surface area (Å²) in [5.41, 5.74) is 3.06. The molecule has 1 saturated heterocycles. The summed E-state index contributed by atoms with van der Waals surface area (Å²) in [6, 6.07) is 11.6.